The Labute approximate surface area is 176 Å². The van der Waals surface area contributed by atoms with Crippen molar-refractivity contribution in [2.75, 3.05) is 13.2 Å². The summed E-state index contributed by atoms with van der Waals surface area (Å²) in [6.45, 7) is 0.619. The van der Waals surface area contributed by atoms with Crippen molar-refractivity contribution in [1.29, 1.82) is 0 Å². The fraction of sp³-hybridized carbons (Fsp3) is 1.00. The molecule has 0 aromatic heterocycles. The highest BCUT2D eigenvalue weighted by Crippen LogP contribution is 2.29. The van der Waals surface area contributed by atoms with E-state index < -0.39 is 92.6 Å². The second kappa shape index (κ2) is 10.1. The standard InChI is InChI=1S/C17H30O14/c1-4-7(19)10(22)12(24)17(29-4)31-14-9(21)6(30-15(26)13(14)25)3-28-16-11(23)8(20)5(18)2-27-16/h4-26H,2-3H2,1H3/t4-,5+,6+,7-,8-,9+,10+,11+,12+,13+,14-,15-,16-,17-/m0/s1. The number of rotatable bonds is 5. The minimum Gasteiger partial charge on any atom is -0.388 e. The summed E-state index contributed by atoms with van der Waals surface area (Å²) in [4.78, 5) is 0. The molecule has 0 unspecified atom stereocenters. The van der Waals surface area contributed by atoms with Crippen LogP contribution in [0.4, 0.5) is 0 Å². The topological polar surface area (TPSA) is 228 Å². The van der Waals surface area contributed by atoms with Crippen LogP contribution in [-0.4, -0.2) is 145 Å². The molecule has 0 bridgehead atoms. The van der Waals surface area contributed by atoms with E-state index in [9.17, 15) is 46.0 Å². The second-order valence-corrected chi connectivity index (χ2v) is 7.91. The Hall–Kier alpha value is -0.560. The molecule has 3 saturated heterocycles. The molecular weight excluding hydrogens is 428 g/mol. The maximum absolute atomic E-state index is 10.6. The van der Waals surface area contributed by atoms with Crippen LogP contribution in [0, 0.1) is 0 Å². The third-order valence-electron chi connectivity index (χ3n) is 5.64. The van der Waals surface area contributed by atoms with Crippen LogP contribution in [0.1, 0.15) is 6.92 Å². The average molecular weight is 458 g/mol. The van der Waals surface area contributed by atoms with Crippen LogP contribution in [0.2, 0.25) is 0 Å². The number of hydrogen-bond acceptors (Lipinski definition) is 14. The lowest BCUT2D eigenvalue weighted by molar-refractivity contribution is -0.357. The van der Waals surface area contributed by atoms with Crippen molar-refractivity contribution in [2.24, 2.45) is 0 Å². The molecule has 31 heavy (non-hydrogen) atoms. The molecule has 3 aliphatic heterocycles. The molecule has 14 atom stereocenters. The van der Waals surface area contributed by atoms with Crippen molar-refractivity contribution < 1.29 is 69.6 Å². The maximum atomic E-state index is 10.6. The van der Waals surface area contributed by atoms with Crippen LogP contribution >= 0.6 is 0 Å². The third-order valence-corrected chi connectivity index (χ3v) is 5.64. The summed E-state index contributed by atoms with van der Waals surface area (Å²) in [6, 6.07) is 0. The molecule has 182 valence electrons. The molecule has 0 aromatic carbocycles. The highest BCUT2D eigenvalue weighted by molar-refractivity contribution is 4.93. The largest absolute Gasteiger partial charge is 0.388 e. The summed E-state index contributed by atoms with van der Waals surface area (Å²) in [7, 11) is 0. The van der Waals surface area contributed by atoms with Gasteiger partial charge in [0.25, 0.3) is 0 Å². The number of hydrogen-bond donors (Lipinski definition) is 9. The third kappa shape index (κ3) is 5.18. The number of aliphatic hydroxyl groups is 9. The number of aliphatic hydroxyl groups excluding tert-OH is 9. The molecule has 3 heterocycles. The first-order valence-electron chi connectivity index (χ1n) is 9.85. The van der Waals surface area contributed by atoms with Crippen molar-refractivity contribution in [3.8, 4) is 0 Å². The van der Waals surface area contributed by atoms with Crippen LogP contribution in [0.3, 0.4) is 0 Å². The molecule has 0 aliphatic carbocycles. The van der Waals surface area contributed by atoms with Crippen molar-refractivity contribution in [3.63, 3.8) is 0 Å². The van der Waals surface area contributed by atoms with Gasteiger partial charge in [0.05, 0.1) is 19.3 Å². The van der Waals surface area contributed by atoms with E-state index in [1.807, 2.05) is 0 Å². The van der Waals surface area contributed by atoms with Crippen molar-refractivity contribution in [2.45, 2.75) is 92.9 Å². The summed E-state index contributed by atoms with van der Waals surface area (Å²) >= 11 is 0. The lowest BCUT2D eigenvalue weighted by Crippen LogP contribution is -2.64. The second-order valence-electron chi connectivity index (χ2n) is 7.91. The van der Waals surface area contributed by atoms with E-state index in [1.54, 1.807) is 0 Å². The minimum atomic E-state index is -1.83. The molecule has 14 heteroatoms. The molecule has 3 fully saturated rings. The SMILES string of the molecule is C[C@@H]1O[C@@H](O[C@@H]2[C@@H](O)[C@@H](O)O[C@H](CO[C@@H]3OC[C@@H](O)[C@H](O)[C@H]3O)[C@H]2O)[C@H](O)[C@H](O)[C@H]1O. The van der Waals surface area contributed by atoms with Gasteiger partial charge in [-0.05, 0) is 6.92 Å². The molecule has 3 rings (SSSR count). The van der Waals surface area contributed by atoms with Crippen molar-refractivity contribution in [1.82, 2.24) is 0 Å². The Bertz CT molecular complexity index is 581. The zero-order chi connectivity index (χ0) is 23.0. The summed E-state index contributed by atoms with van der Waals surface area (Å²) < 4.78 is 26.2. The zero-order valence-corrected chi connectivity index (χ0v) is 16.6. The van der Waals surface area contributed by atoms with Gasteiger partial charge in [0, 0.05) is 0 Å². The lowest BCUT2D eigenvalue weighted by Gasteiger charge is -2.45. The maximum Gasteiger partial charge on any atom is 0.187 e. The monoisotopic (exact) mass is 458 g/mol. The van der Waals surface area contributed by atoms with Gasteiger partial charge >= 0.3 is 0 Å². The van der Waals surface area contributed by atoms with E-state index in [0.29, 0.717) is 0 Å². The van der Waals surface area contributed by atoms with Gasteiger partial charge in [-0.1, -0.05) is 0 Å². The van der Waals surface area contributed by atoms with E-state index >= 15 is 0 Å². The fourth-order valence-corrected chi connectivity index (χ4v) is 3.61. The number of ether oxygens (including phenoxy) is 5. The average Bonchev–Trinajstić information content (AvgIpc) is 2.74. The van der Waals surface area contributed by atoms with E-state index in [2.05, 4.69) is 0 Å². The molecular formula is C17H30O14. The molecule has 14 nitrogen and oxygen atoms in total. The van der Waals surface area contributed by atoms with E-state index in [4.69, 9.17) is 23.7 Å². The van der Waals surface area contributed by atoms with E-state index in [1.165, 1.54) is 6.92 Å². The molecule has 0 aromatic rings. The van der Waals surface area contributed by atoms with Gasteiger partial charge in [-0.2, -0.15) is 0 Å². The highest BCUT2D eigenvalue weighted by Gasteiger charge is 2.50. The first kappa shape index (κ1) is 25.1. The quantitative estimate of drug-likeness (QED) is 0.187. The van der Waals surface area contributed by atoms with E-state index in [-0.39, 0.29) is 6.61 Å². The minimum absolute atomic E-state index is 0.312. The molecule has 3 aliphatic rings. The molecule has 0 amide bonds. The molecule has 0 saturated carbocycles. The Balaban J connectivity index is 1.62. The van der Waals surface area contributed by atoms with Gasteiger partial charge in [0.1, 0.15) is 61.0 Å². The Morgan fingerprint density at radius 3 is 2.03 bits per heavy atom. The Kier molecular flexibility index (Phi) is 8.21. The van der Waals surface area contributed by atoms with Gasteiger partial charge < -0.3 is 69.6 Å². The Morgan fingerprint density at radius 1 is 0.710 bits per heavy atom. The van der Waals surface area contributed by atoms with Gasteiger partial charge in [0.15, 0.2) is 18.9 Å². The summed E-state index contributed by atoms with van der Waals surface area (Å²) in [5, 5.41) is 89.5. The predicted molar refractivity (Wildman–Crippen MR) is 93.8 cm³/mol. The zero-order valence-electron chi connectivity index (χ0n) is 16.6. The first-order chi connectivity index (χ1) is 14.5. The molecule has 9 N–H and O–H groups in total. The summed E-state index contributed by atoms with van der Waals surface area (Å²) in [6.07, 6.45) is -21.1. The molecule has 0 spiro atoms. The van der Waals surface area contributed by atoms with Crippen LogP contribution < -0.4 is 0 Å². The van der Waals surface area contributed by atoms with Gasteiger partial charge in [0.2, 0.25) is 0 Å². The van der Waals surface area contributed by atoms with Crippen molar-refractivity contribution >= 4 is 0 Å². The van der Waals surface area contributed by atoms with Gasteiger partial charge in [-0.25, -0.2) is 0 Å². The summed E-state index contributed by atoms with van der Waals surface area (Å²) in [5.74, 6) is 0. The van der Waals surface area contributed by atoms with E-state index in [0.717, 1.165) is 0 Å². The molecule has 0 radical (unpaired) electrons. The fourth-order valence-electron chi connectivity index (χ4n) is 3.61. The normalized spacial score (nSPS) is 54.0. The summed E-state index contributed by atoms with van der Waals surface area (Å²) in [5.41, 5.74) is 0. The van der Waals surface area contributed by atoms with Gasteiger partial charge in [-0.15, -0.1) is 0 Å². The van der Waals surface area contributed by atoms with Crippen LogP contribution in [0.15, 0.2) is 0 Å². The smallest absolute Gasteiger partial charge is 0.187 e. The van der Waals surface area contributed by atoms with Crippen LogP contribution in [-0.2, 0) is 23.7 Å². The van der Waals surface area contributed by atoms with Crippen LogP contribution in [0.5, 0.6) is 0 Å². The van der Waals surface area contributed by atoms with Gasteiger partial charge in [-0.3, -0.25) is 0 Å². The lowest BCUT2D eigenvalue weighted by atomic mass is 9.97. The van der Waals surface area contributed by atoms with Crippen molar-refractivity contribution in [3.05, 3.63) is 0 Å². The van der Waals surface area contributed by atoms with Crippen LogP contribution in [0.25, 0.3) is 0 Å². The predicted octanol–water partition coefficient (Wildman–Crippen LogP) is -5.91. The first-order valence-corrected chi connectivity index (χ1v) is 9.85. The Morgan fingerprint density at radius 2 is 1.35 bits per heavy atom. The highest BCUT2D eigenvalue weighted by atomic mass is 16.7.